The Balaban J connectivity index is 3.84. The molecule has 0 saturated heterocycles. The maximum Gasteiger partial charge on any atom is 0.330 e. The van der Waals surface area contributed by atoms with Gasteiger partial charge in [0.25, 0.3) is 0 Å². The Hall–Kier alpha value is -3.18. The van der Waals surface area contributed by atoms with E-state index in [1.165, 1.54) is 6.08 Å². The first kappa shape index (κ1) is 32.8. The van der Waals surface area contributed by atoms with E-state index in [0.717, 1.165) is 44.9 Å². The van der Waals surface area contributed by atoms with Crippen LogP contribution in [-0.2, 0) is 19.1 Å². The minimum atomic E-state index is -1.06. The second kappa shape index (κ2) is 26.4. The molecule has 5 nitrogen and oxygen atoms in total. The van der Waals surface area contributed by atoms with Crippen molar-refractivity contribution in [2.75, 3.05) is 13.2 Å². The Morgan fingerprint density at radius 2 is 1.06 bits per heavy atom. The number of hydrogen-bond donors (Lipinski definition) is 1. The van der Waals surface area contributed by atoms with Crippen LogP contribution in [0.15, 0.2) is 97.2 Å². The average Bonchev–Trinajstić information content (AvgIpc) is 2.88. The monoisotopic (exact) mass is 496 g/mol. The van der Waals surface area contributed by atoms with Gasteiger partial charge in [-0.25, -0.2) is 4.79 Å². The topological polar surface area (TPSA) is 72.8 Å². The summed E-state index contributed by atoms with van der Waals surface area (Å²) < 4.78 is 9.91. The van der Waals surface area contributed by atoms with E-state index in [4.69, 9.17) is 9.47 Å². The second-order valence-electron chi connectivity index (χ2n) is 7.78. The quantitative estimate of drug-likeness (QED) is 0.0846. The first-order valence-corrected chi connectivity index (χ1v) is 12.8. The number of hydrogen-bond acceptors (Lipinski definition) is 5. The van der Waals surface area contributed by atoms with Crippen molar-refractivity contribution in [3.63, 3.8) is 0 Å². The zero-order chi connectivity index (χ0) is 26.5. The van der Waals surface area contributed by atoms with Crippen molar-refractivity contribution in [1.82, 2.24) is 0 Å². The van der Waals surface area contributed by atoms with Crippen LogP contribution in [0.3, 0.4) is 0 Å². The molecule has 0 rings (SSSR count). The molecule has 1 N–H and O–H groups in total. The lowest BCUT2D eigenvalue weighted by Gasteiger charge is -2.10. The van der Waals surface area contributed by atoms with Gasteiger partial charge >= 0.3 is 11.9 Å². The van der Waals surface area contributed by atoms with Gasteiger partial charge in [0.2, 0.25) is 0 Å². The molecule has 1 atom stereocenters. The molecular formula is C31H44O5. The second-order valence-corrected chi connectivity index (χ2v) is 7.78. The SMILES string of the molecule is CC/C=C\C/C=C\C/C=C\C/C=C\C/C=C\C=C/C(=O)OCC(O)COC(=O)C/C=C\C/C=C\CC. The fourth-order valence-corrected chi connectivity index (χ4v) is 2.59. The summed E-state index contributed by atoms with van der Waals surface area (Å²) in [5.41, 5.74) is 0. The van der Waals surface area contributed by atoms with Crippen molar-refractivity contribution in [2.24, 2.45) is 0 Å². The van der Waals surface area contributed by atoms with Gasteiger partial charge in [-0.05, 0) is 44.9 Å². The Labute approximate surface area is 218 Å². The molecule has 0 aliphatic rings. The van der Waals surface area contributed by atoms with Gasteiger partial charge in [0.15, 0.2) is 0 Å². The summed E-state index contributed by atoms with van der Waals surface area (Å²) >= 11 is 0. The summed E-state index contributed by atoms with van der Waals surface area (Å²) in [6, 6.07) is 0. The van der Waals surface area contributed by atoms with E-state index in [2.05, 4.69) is 68.5 Å². The molecular weight excluding hydrogens is 452 g/mol. The van der Waals surface area contributed by atoms with Gasteiger partial charge in [-0.15, -0.1) is 0 Å². The van der Waals surface area contributed by atoms with Crippen LogP contribution in [-0.4, -0.2) is 36.4 Å². The molecule has 198 valence electrons. The smallest absolute Gasteiger partial charge is 0.330 e. The molecule has 0 aromatic rings. The highest BCUT2D eigenvalue weighted by Crippen LogP contribution is 1.98. The van der Waals surface area contributed by atoms with Crippen LogP contribution in [0.25, 0.3) is 0 Å². The molecule has 0 bridgehead atoms. The standard InChI is InChI=1S/C31H44O5/c1-3-5-7-9-11-12-13-14-15-16-17-18-19-20-22-24-26-31(34)36-28-29(32)27-35-30(33)25-23-21-10-8-6-4-2/h5-8,11-12,14-15,17-18,20-24,26,29,32H,3-4,9-10,13,16,19,25,27-28H2,1-2H3/b7-5-,8-6-,12-11-,15-14-,18-17-,22-20-,23-21-,26-24-. The highest BCUT2D eigenvalue weighted by Gasteiger charge is 2.10. The Kier molecular flexibility index (Phi) is 24.1. The van der Waals surface area contributed by atoms with Gasteiger partial charge in [-0.1, -0.05) is 105 Å². The summed E-state index contributed by atoms with van der Waals surface area (Å²) in [4.78, 5) is 23.3. The molecule has 0 aromatic heterocycles. The summed E-state index contributed by atoms with van der Waals surface area (Å²) in [6.45, 7) is 3.74. The maximum atomic E-state index is 11.7. The molecule has 0 fully saturated rings. The molecule has 0 heterocycles. The largest absolute Gasteiger partial charge is 0.463 e. The maximum absolute atomic E-state index is 11.7. The number of carbonyl (C=O) groups excluding carboxylic acids is 2. The van der Waals surface area contributed by atoms with E-state index in [0.29, 0.717) is 0 Å². The number of esters is 2. The zero-order valence-electron chi connectivity index (χ0n) is 22.0. The number of aliphatic hydroxyl groups is 1. The Morgan fingerprint density at radius 1 is 0.611 bits per heavy atom. The highest BCUT2D eigenvalue weighted by molar-refractivity contribution is 5.82. The van der Waals surface area contributed by atoms with E-state index in [-0.39, 0.29) is 19.6 Å². The third-order valence-electron chi connectivity index (χ3n) is 4.45. The van der Waals surface area contributed by atoms with Crippen molar-refractivity contribution >= 4 is 11.9 Å². The summed E-state index contributed by atoms with van der Waals surface area (Å²) in [5.74, 6) is -1.00. The van der Waals surface area contributed by atoms with Crippen LogP contribution in [0, 0.1) is 0 Å². The van der Waals surface area contributed by atoms with Crippen LogP contribution in [0.2, 0.25) is 0 Å². The van der Waals surface area contributed by atoms with E-state index >= 15 is 0 Å². The predicted octanol–water partition coefficient (Wildman–Crippen LogP) is 7.04. The average molecular weight is 497 g/mol. The van der Waals surface area contributed by atoms with Gasteiger partial charge < -0.3 is 14.6 Å². The molecule has 0 aliphatic heterocycles. The number of rotatable bonds is 20. The molecule has 0 amide bonds. The van der Waals surface area contributed by atoms with Gasteiger partial charge in [-0.3, -0.25) is 4.79 Å². The fraction of sp³-hybridized carbons (Fsp3) is 0.419. The normalized spacial score (nSPS) is 13.8. The van der Waals surface area contributed by atoms with Crippen LogP contribution in [0.5, 0.6) is 0 Å². The number of ether oxygens (including phenoxy) is 2. The predicted molar refractivity (Wildman–Crippen MR) is 149 cm³/mol. The van der Waals surface area contributed by atoms with Crippen LogP contribution < -0.4 is 0 Å². The lowest BCUT2D eigenvalue weighted by atomic mass is 10.2. The first-order chi connectivity index (χ1) is 17.6. The van der Waals surface area contributed by atoms with E-state index in [1.54, 1.807) is 18.2 Å². The Morgan fingerprint density at radius 3 is 1.58 bits per heavy atom. The van der Waals surface area contributed by atoms with Crippen molar-refractivity contribution in [1.29, 1.82) is 0 Å². The Bertz CT molecular complexity index is 794. The van der Waals surface area contributed by atoms with Crippen LogP contribution >= 0.6 is 0 Å². The molecule has 36 heavy (non-hydrogen) atoms. The van der Waals surface area contributed by atoms with Crippen molar-refractivity contribution < 1.29 is 24.2 Å². The number of aliphatic hydroxyl groups excluding tert-OH is 1. The molecule has 1 unspecified atom stereocenters. The minimum Gasteiger partial charge on any atom is -0.463 e. The van der Waals surface area contributed by atoms with Crippen molar-refractivity contribution in [3.05, 3.63) is 97.2 Å². The third-order valence-corrected chi connectivity index (χ3v) is 4.45. The van der Waals surface area contributed by atoms with Crippen molar-refractivity contribution in [2.45, 2.75) is 71.3 Å². The highest BCUT2D eigenvalue weighted by atomic mass is 16.6. The minimum absolute atomic E-state index is 0.141. The first-order valence-electron chi connectivity index (χ1n) is 12.8. The van der Waals surface area contributed by atoms with Gasteiger partial charge in [0, 0.05) is 6.08 Å². The molecule has 0 spiro atoms. The lowest BCUT2D eigenvalue weighted by molar-refractivity contribution is -0.149. The van der Waals surface area contributed by atoms with Crippen LogP contribution in [0.4, 0.5) is 0 Å². The molecule has 0 aromatic carbocycles. The van der Waals surface area contributed by atoms with Crippen LogP contribution in [0.1, 0.15) is 65.2 Å². The van der Waals surface area contributed by atoms with Crippen molar-refractivity contribution in [3.8, 4) is 0 Å². The molecule has 5 heteroatoms. The summed E-state index contributed by atoms with van der Waals surface area (Å²) in [5, 5.41) is 9.79. The van der Waals surface area contributed by atoms with E-state index in [1.807, 2.05) is 18.2 Å². The zero-order valence-corrected chi connectivity index (χ0v) is 22.0. The summed E-state index contributed by atoms with van der Waals surface area (Å²) in [7, 11) is 0. The van der Waals surface area contributed by atoms with E-state index in [9.17, 15) is 14.7 Å². The fourth-order valence-electron chi connectivity index (χ4n) is 2.59. The molecule has 0 saturated carbocycles. The van der Waals surface area contributed by atoms with E-state index < -0.39 is 18.0 Å². The molecule has 0 aliphatic carbocycles. The molecule has 0 radical (unpaired) electrons. The number of allylic oxidation sites excluding steroid dienone is 14. The van der Waals surface area contributed by atoms with Gasteiger partial charge in [-0.2, -0.15) is 0 Å². The third kappa shape index (κ3) is 25.4. The summed E-state index contributed by atoms with van der Waals surface area (Å²) in [6.07, 6.45) is 36.9. The number of carbonyl (C=O) groups is 2. The van der Waals surface area contributed by atoms with Gasteiger partial charge in [0.1, 0.15) is 19.3 Å². The lowest BCUT2D eigenvalue weighted by Crippen LogP contribution is -2.24. The van der Waals surface area contributed by atoms with Gasteiger partial charge in [0.05, 0.1) is 6.42 Å².